The van der Waals surface area contributed by atoms with Gasteiger partial charge in [-0.3, -0.25) is 0 Å². The van der Waals surface area contributed by atoms with Gasteiger partial charge in [0.05, 0.1) is 0 Å². The number of hydrogen-bond acceptors (Lipinski definition) is 1. The third kappa shape index (κ3) is 3.58. The van der Waals surface area contributed by atoms with Gasteiger partial charge in [0.2, 0.25) is 0 Å². The van der Waals surface area contributed by atoms with E-state index in [-0.39, 0.29) is 0 Å². The number of nitrogens with zero attached hydrogens (tertiary/aromatic N) is 1. The van der Waals surface area contributed by atoms with E-state index in [1.54, 1.807) is 0 Å². The minimum absolute atomic E-state index is 0.354. The van der Waals surface area contributed by atoms with Gasteiger partial charge in [-0.25, -0.2) is 0 Å². The number of carbonyl (C=O) groups excluding carboxylic acids is 1. The molecule has 0 spiro atoms. The first kappa shape index (κ1) is 12.7. The molecule has 1 aliphatic rings. The van der Waals surface area contributed by atoms with Crippen LogP contribution in [0.15, 0.2) is 30.3 Å². The van der Waals surface area contributed by atoms with Crippen LogP contribution in [0.3, 0.4) is 0 Å². The Morgan fingerprint density at radius 2 is 1.94 bits per heavy atom. The Morgan fingerprint density at radius 1 is 1.18 bits per heavy atom. The quantitative estimate of drug-likeness (QED) is 0.779. The Bertz CT molecular complexity index is 366. The third-order valence-electron chi connectivity index (χ3n) is 3.10. The number of hydrogen-bond donors (Lipinski definition) is 0. The molecule has 1 heterocycles. The summed E-state index contributed by atoms with van der Waals surface area (Å²) in [7, 11) is 0. The first-order valence-electron chi connectivity index (χ1n) is 6.28. The van der Waals surface area contributed by atoms with Crippen LogP contribution >= 0.6 is 0 Å². The van der Waals surface area contributed by atoms with E-state index in [1.807, 2.05) is 6.07 Å². The molecule has 0 bridgehead atoms. The van der Waals surface area contributed by atoms with Gasteiger partial charge in [0.25, 0.3) is 0 Å². The average molecular weight is 296 g/mol. The summed E-state index contributed by atoms with van der Waals surface area (Å²) in [6.45, 7) is 3.14. The first-order valence-corrected chi connectivity index (χ1v) is 8.13. The molecule has 1 saturated heterocycles. The van der Waals surface area contributed by atoms with E-state index < -0.39 is 0 Å². The maximum atomic E-state index is 12.0. The second-order valence-electron chi connectivity index (χ2n) is 4.43. The van der Waals surface area contributed by atoms with Gasteiger partial charge in [-0.2, -0.15) is 0 Å². The first-order chi connectivity index (χ1) is 8.27. The summed E-state index contributed by atoms with van der Waals surface area (Å²) in [5.41, 5.74) is 0. The average Bonchev–Trinajstić information content (AvgIpc) is 2.55. The molecule has 17 heavy (non-hydrogen) atoms. The molecular weight excluding hydrogens is 277 g/mol. The van der Waals surface area contributed by atoms with Gasteiger partial charge in [-0.05, 0) is 0 Å². The molecule has 0 aliphatic carbocycles. The summed E-state index contributed by atoms with van der Waals surface area (Å²) >= 11 is 0.362. The van der Waals surface area contributed by atoms with Crippen LogP contribution in [-0.2, 0) is 4.79 Å². The van der Waals surface area contributed by atoms with Crippen molar-refractivity contribution in [1.29, 1.82) is 0 Å². The number of amides is 1. The number of likely N-dealkylation sites (tertiary alicyclic amines) is 1. The molecule has 92 valence electrons. The summed E-state index contributed by atoms with van der Waals surface area (Å²) in [6.07, 6.45) is 4.18. The molecule has 1 fully saturated rings. The Hall–Kier alpha value is -0.791. The Kier molecular flexibility index (Phi) is 4.64. The zero-order valence-electron chi connectivity index (χ0n) is 10.3. The molecule has 0 radical (unpaired) electrons. The summed E-state index contributed by atoms with van der Waals surface area (Å²) in [4.78, 5) is 14.5. The van der Waals surface area contributed by atoms with Crippen molar-refractivity contribution in [3.8, 4) is 0 Å². The van der Waals surface area contributed by atoms with E-state index in [0.717, 1.165) is 19.4 Å². The van der Waals surface area contributed by atoms with Crippen LogP contribution in [-0.4, -0.2) is 37.2 Å². The molecular formula is C14H19NOSe. The minimum atomic E-state index is 0.354. The van der Waals surface area contributed by atoms with E-state index in [4.69, 9.17) is 0 Å². The third-order valence-corrected chi connectivity index (χ3v) is 5.49. The van der Waals surface area contributed by atoms with Gasteiger partial charge in [0, 0.05) is 0 Å². The van der Waals surface area contributed by atoms with Crippen molar-refractivity contribution in [2.24, 2.45) is 0 Å². The zero-order valence-corrected chi connectivity index (χ0v) is 12.0. The van der Waals surface area contributed by atoms with Crippen LogP contribution in [0.5, 0.6) is 0 Å². The number of rotatable bonds is 3. The van der Waals surface area contributed by atoms with Crippen LogP contribution in [0.4, 0.5) is 0 Å². The van der Waals surface area contributed by atoms with Crippen LogP contribution < -0.4 is 4.46 Å². The van der Waals surface area contributed by atoms with Gasteiger partial charge in [-0.1, -0.05) is 0 Å². The molecule has 1 atom stereocenters. The Morgan fingerprint density at radius 3 is 2.71 bits per heavy atom. The van der Waals surface area contributed by atoms with Crippen molar-refractivity contribution >= 4 is 25.3 Å². The molecule has 1 amide bonds. The van der Waals surface area contributed by atoms with Crippen LogP contribution in [0.1, 0.15) is 32.6 Å². The molecule has 0 N–H and O–H groups in total. The van der Waals surface area contributed by atoms with Crippen molar-refractivity contribution in [1.82, 2.24) is 4.90 Å². The molecule has 1 unspecified atom stereocenters. The number of carbonyl (C=O) groups is 1. The van der Waals surface area contributed by atoms with Crippen LogP contribution in [0, 0.1) is 0 Å². The van der Waals surface area contributed by atoms with E-state index in [2.05, 4.69) is 36.1 Å². The van der Waals surface area contributed by atoms with Gasteiger partial charge in [0.1, 0.15) is 0 Å². The fourth-order valence-electron chi connectivity index (χ4n) is 2.15. The maximum absolute atomic E-state index is 12.0. The topological polar surface area (TPSA) is 20.3 Å². The van der Waals surface area contributed by atoms with E-state index in [0.29, 0.717) is 25.8 Å². The molecule has 1 aromatic rings. The zero-order chi connectivity index (χ0) is 12.1. The predicted molar refractivity (Wildman–Crippen MR) is 71.5 cm³/mol. The summed E-state index contributed by atoms with van der Waals surface area (Å²) in [6, 6.07) is 10.5. The standard InChI is InChI=1S/C14H19NOSe/c1-12(17-13-8-4-2-5-9-13)15-11-7-3-6-10-14(15)16/h2,4-5,8-9,12H,3,6-7,10-11H2,1H3. The molecule has 2 rings (SSSR count). The molecule has 1 aliphatic heterocycles. The Balaban J connectivity index is 1.98. The second-order valence-corrected chi connectivity index (χ2v) is 7.34. The van der Waals surface area contributed by atoms with Crippen molar-refractivity contribution in [2.45, 2.75) is 37.5 Å². The summed E-state index contributed by atoms with van der Waals surface area (Å²) in [5.74, 6) is 0.354. The van der Waals surface area contributed by atoms with Gasteiger partial charge >= 0.3 is 109 Å². The predicted octanol–water partition coefficient (Wildman–Crippen LogP) is 1.76. The van der Waals surface area contributed by atoms with Crippen molar-refractivity contribution in [2.75, 3.05) is 6.54 Å². The molecule has 0 aromatic heterocycles. The normalized spacial score (nSPS) is 18.9. The fourth-order valence-corrected chi connectivity index (χ4v) is 4.37. The van der Waals surface area contributed by atoms with Crippen molar-refractivity contribution in [3.63, 3.8) is 0 Å². The van der Waals surface area contributed by atoms with Crippen LogP contribution in [0.25, 0.3) is 0 Å². The summed E-state index contributed by atoms with van der Waals surface area (Å²) in [5, 5.41) is 0. The fraction of sp³-hybridized carbons (Fsp3) is 0.500. The second kappa shape index (κ2) is 6.23. The molecule has 2 nitrogen and oxygen atoms in total. The van der Waals surface area contributed by atoms with Crippen molar-refractivity contribution in [3.05, 3.63) is 30.3 Å². The van der Waals surface area contributed by atoms with Gasteiger partial charge < -0.3 is 0 Å². The summed E-state index contributed by atoms with van der Waals surface area (Å²) < 4.78 is 1.38. The van der Waals surface area contributed by atoms with Gasteiger partial charge in [0.15, 0.2) is 0 Å². The Labute approximate surface area is 110 Å². The van der Waals surface area contributed by atoms with Gasteiger partial charge in [-0.15, -0.1) is 0 Å². The van der Waals surface area contributed by atoms with Crippen molar-refractivity contribution < 1.29 is 4.79 Å². The molecule has 0 saturated carbocycles. The van der Waals surface area contributed by atoms with E-state index in [9.17, 15) is 4.79 Å². The SMILES string of the molecule is CC([Se]c1ccccc1)N1CCCCCC1=O. The van der Waals surface area contributed by atoms with E-state index >= 15 is 0 Å². The molecule has 3 heteroatoms. The number of benzene rings is 1. The molecule has 1 aromatic carbocycles. The van der Waals surface area contributed by atoms with Crippen LogP contribution in [0.2, 0.25) is 0 Å². The monoisotopic (exact) mass is 297 g/mol. The van der Waals surface area contributed by atoms with E-state index in [1.165, 1.54) is 17.3 Å².